The first-order valence-electron chi connectivity index (χ1n) is 7.53. The average molecular weight is 287 g/mol. The predicted molar refractivity (Wildman–Crippen MR) is 87.4 cm³/mol. The van der Waals surface area contributed by atoms with Crippen LogP contribution in [0.2, 0.25) is 0 Å². The molecule has 0 atom stereocenters. The number of aliphatic imine (C=N–C) groups is 1. The van der Waals surface area contributed by atoms with Gasteiger partial charge in [-0.2, -0.15) is 0 Å². The van der Waals surface area contributed by atoms with Crippen molar-refractivity contribution >= 4 is 5.71 Å². The third-order valence-corrected chi connectivity index (χ3v) is 3.26. The summed E-state index contributed by atoms with van der Waals surface area (Å²) in [5, 5.41) is 10.2. The van der Waals surface area contributed by atoms with Crippen molar-refractivity contribution < 1.29 is 0 Å². The fourth-order valence-electron chi connectivity index (χ4n) is 2.23. The highest BCUT2D eigenvalue weighted by molar-refractivity contribution is 5.93. The minimum Gasteiger partial charge on any atom is -0.387 e. The number of aromatic nitrogens is 1. The largest absolute Gasteiger partial charge is 0.387 e. The minimum absolute atomic E-state index is 0.789. The molecular formula is C16H25N5. The van der Waals surface area contributed by atoms with E-state index in [-0.39, 0.29) is 0 Å². The average Bonchev–Trinajstić information content (AvgIpc) is 2.46. The van der Waals surface area contributed by atoms with E-state index in [9.17, 15) is 0 Å². The Bertz CT molecular complexity index is 507. The third kappa shape index (κ3) is 6.06. The van der Waals surface area contributed by atoms with Gasteiger partial charge in [0.05, 0.1) is 17.9 Å². The lowest BCUT2D eigenvalue weighted by Gasteiger charge is -2.10. The Hall–Kier alpha value is -1.72. The maximum atomic E-state index is 4.64. The molecule has 2 bridgehead atoms. The third-order valence-electron chi connectivity index (χ3n) is 3.26. The van der Waals surface area contributed by atoms with E-state index < -0.39 is 0 Å². The van der Waals surface area contributed by atoms with Crippen molar-refractivity contribution in [1.82, 2.24) is 20.9 Å². The molecule has 5 nitrogen and oxygen atoms in total. The van der Waals surface area contributed by atoms with Gasteiger partial charge in [0.1, 0.15) is 0 Å². The molecule has 0 fully saturated rings. The highest BCUT2D eigenvalue weighted by atomic mass is 15.0. The van der Waals surface area contributed by atoms with Crippen LogP contribution in [0.1, 0.15) is 25.2 Å². The summed E-state index contributed by atoms with van der Waals surface area (Å²) in [5.41, 5.74) is 4.37. The van der Waals surface area contributed by atoms with Crippen molar-refractivity contribution in [3.63, 3.8) is 0 Å². The molecule has 0 saturated carbocycles. The van der Waals surface area contributed by atoms with Crippen LogP contribution >= 0.6 is 0 Å². The molecule has 0 amide bonds. The Balaban J connectivity index is 2.00. The fraction of sp³-hybridized carbons (Fsp3) is 0.500. The highest BCUT2D eigenvalue weighted by Gasteiger charge is 1.99. The summed E-state index contributed by atoms with van der Waals surface area (Å²) in [4.78, 5) is 9.18. The smallest absolute Gasteiger partial charge is 0.0545 e. The van der Waals surface area contributed by atoms with E-state index in [2.05, 4.69) is 57.1 Å². The van der Waals surface area contributed by atoms with Crippen molar-refractivity contribution in [2.45, 2.75) is 26.9 Å². The van der Waals surface area contributed by atoms with Crippen molar-refractivity contribution in [2.75, 3.05) is 26.2 Å². The predicted octanol–water partition coefficient (Wildman–Crippen LogP) is 1.23. The number of nitrogens with one attached hydrogen (secondary N) is 3. The summed E-state index contributed by atoms with van der Waals surface area (Å²) in [7, 11) is 0. The summed E-state index contributed by atoms with van der Waals surface area (Å²) in [6, 6.07) is 6.19. The maximum Gasteiger partial charge on any atom is 0.0545 e. The van der Waals surface area contributed by atoms with Gasteiger partial charge in [0, 0.05) is 44.1 Å². The van der Waals surface area contributed by atoms with E-state index in [1.54, 1.807) is 0 Å². The van der Waals surface area contributed by atoms with Crippen LogP contribution in [0.25, 0.3) is 0 Å². The van der Waals surface area contributed by atoms with Gasteiger partial charge >= 0.3 is 0 Å². The van der Waals surface area contributed by atoms with Crippen LogP contribution in [-0.4, -0.2) is 36.9 Å². The first-order chi connectivity index (χ1) is 10.2. The molecule has 1 aliphatic rings. The van der Waals surface area contributed by atoms with Gasteiger partial charge < -0.3 is 16.0 Å². The van der Waals surface area contributed by atoms with Gasteiger partial charge in [-0.3, -0.25) is 9.98 Å². The van der Waals surface area contributed by atoms with Crippen molar-refractivity contribution in [3.8, 4) is 0 Å². The summed E-state index contributed by atoms with van der Waals surface area (Å²) in [6.07, 6.45) is 2.09. The number of hydrogen-bond donors (Lipinski definition) is 3. The quantitative estimate of drug-likeness (QED) is 0.672. The lowest BCUT2D eigenvalue weighted by molar-refractivity contribution is 0.634. The number of rotatable bonds is 0. The molecule has 0 aromatic carbocycles. The van der Waals surface area contributed by atoms with Gasteiger partial charge in [0.2, 0.25) is 0 Å². The molecule has 21 heavy (non-hydrogen) atoms. The van der Waals surface area contributed by atoms with Gasteiger partial charge in [-0.05, 0) is 32.1 Å². The number of fused-ring (bicyclic) bond motifs is 2. The number of pyridine rings is 1. The normalized spacial score (nSPS) is 20.9. The standard InChI is InChI=1S/C16H25N5/c1-13-10-14(2)20-9-7-18-12-16-5-3-4-15(21-16)11-17-6-8-19-13/h3-5,10,17-19H,6-9,11-12H2,1-2H3/b13-10-,20-14?. The second-order valence-corrected chi connectivity index (χ2v) is 5.25. The molecule has 3 N–H and O–H groups in total. The molecule has 0 radical (unpaired) electrons. The topological polar surface area (TPSA) is 61.3 Å². The van der Waals surface area contributed by atoms with E-state index in [4.69, 9.17) is 0 Å². The van der Waals surface area contributed by atoms with Crippen LogP contribution in [0.5, 0.6) is 0 Å². The summed E-state index contributed by atoms with van der Waals surface area (Å²) >= 11 is 0. The first-order valence-corrected chi connectivity index (χ1v) is 7.53. The second-order valence-electron chi connectivity index (χ2n) is 5.25. The van der Waals surface area contributed by atoms with Crippen LogP contribution in [-0.2, 0) is 13.1 Å². The molecule has 0 aliphatic carbocycles. The zero-order chi connectivity index (χ0) is 14.9. The fourth-order valence-corrected chi connectivity index (χ4v) is 2.23. The van der Waals surface area contributed by atoms with E-state index in [0.29, 0.717) is 0 Å². The number of allylic oxidation sites excluding steroid dienone is 2. The molecule has 114 valence electrons. The van der Waals surface area contributed by atoms with Crippen LogP contribution in [0.3, 0.4) is 0 Å². The SMILES string of the molecule is CC1=NCCNCc2cccc(n2)CNCCN/C(C)=C\1. The van der Waals surface area contributed by atoms with E-state index in [0.717, 1.165) is 62.1 Å². The molecular weight excluding hydrogens is 262 g/mol. The van der Waals surface area contributed by atoms with Crippen molar-refractivity contribution in [3.05, 3.63) is 41.4 Å². The zero-order valence-corrected chi connectivity index (χ0v) is 12.9. The van der Waals surface area contributed by atoms with Crippen molar-refractivity contribution in [1.29, 1.82) is 0 Å². The number of hydrogen-bond acceptors (Lipinski definition) is 5. The summed E-state index contributed by atoms with van der Waals surface area (Å²) in [6.45, 7) is 9.17. The molecule has 0 saturated heterocycles. The van der Waals surface area contributed by atoms with Crippen molar-refractivity contribution in [2.24, 2.45) is 4.99 Å². The Kier molecular flexibility index (Phi) is 6.37. The minimum atomic E-state index is 0.789. The van der Waals surface area contributed by atoms with Gasteiger partial charge in [-0.15, -0.1) is 0 Å². The van der Waals surface area contributed by atoms with Gasteiger partial charge in [-0.1, -0.05) is 6.07 Å². The van der Waals surface area contributed by atoms with E-state index >= 15 is 0 Å². The van der Waals surface area contributed by atoms with E-state index in [1.165, 1.54) is 0 Å². The van der Waals surface area contributed by atoms with Crippen LogP contribution < -0.4 is 16.0 Å². The molecule has 1 aromatic rings. The molecule has 0 spiro atoms. The summed E-state index contributed by atoms with van der Waals surface area (Å²) < 4.78 is 0. The molecule has 1 aliphatic heterocycles. The number of nitrogens with zero attached hydrogens (tertiary/aromatic N) is 2. The molecule has 2 heterocycles. The molecule has 2 rings (SSSR count). The zero-order valence-electron chi connectivity index (χ0n) is 12.9. The second kappa shape index (κ2) is 8.54. The Morgan fingerprint density at radius 1 is 0.952 bits per heavy atom. The lowest BCUT2D eigenvalue weighted by atomic mass is 10.3. The highest BCUT2D eigenvalue weighted by Crippen LogP contribution is 1.99. The van der Waals surface area contributed by atoms with Crippen LogP contribution in [0.15, 0.2) is 35.0 Å². The lowest BCUT2D eigenvalue weighted by Crippen LogP contribution is -2.27. The summed E-state index contributed by atoms with van der Waals surface area (Å²) in [5.74, 6) is 0. The first kappa shape index (κ1) is 15.7. The van der Waals surface area contributed by atoms with E-state index in [1.807, 2.05) is 6.92 Å². The van der Waals surface area contributed by atoms with Crippen LogP contribution in [0.4, 0.5) is 0 Å². The Labute approximate surface area is 127 Å². The Morgan fingerprint density at radius 2 is 1.67 bits per heavy atom. The monoisotopic (exact) mass is 287 g/mol. The van der Waals surface area contributed by atoms with Gasteiger partial charge in [-0.25, -0.2) is 0 Å². The molecule has 0 unspecified atom stereocenters. The van der Waals surface area contributed by atoms with Crippen LogP contribution in [0, 0.1) is 0 Å². The maximum absolute atomic E-state index is 4.64. The Morgan fingerprint density at radius 3 is 2.43 bits per heavy atom. The molecule has 1 aromatic heterocycles. The van der Waals surface area contributed by atoms with Gasteiger partial charge in [0.15, 0.2) is 0 Å². The van der Waals surface area contributed by atoms with Gasteiger partial charge in [0.25, 0.3) is 0 Å². The molecule has 5 heteroatoms.